The number of esters is 1. The fourth-order valence-corrected chi connectivity index (χ4v) is 2.53. The fourth-order valence-electron chi connectivity index (χ4n) is 2.53. The summed E-state index contributed by atoms with van der Waals surface area (Å²) in [4.78, 5) is 35.3. The van der Waals surface area contributed by atoms with Gasteiger partial charge in [0.25, 0.3) is 0 Å². The predicted molar refractivity (Wildman–Crippen MR) is 95.3 cm³/mol. The van der Waals surface area contributed by atoms with Gasteiger partial charge in [0.15, 0.2) is 0 Å². The summed E-state index contributed by atoms with van der Waals surface area (Å²) in [7, 11) is 0. The number of aldehydes is 1. The molecule has 1 heterocycles. The van der Waals surface area contributed by atoms with Gasteiger partial charge in [0, 0.05) is 34.9 Å². The Morgan fingerprint density at radius 1 is 1.28 bits per heavy atom. The first kappa shape index (κ1) is 18.5. The van der Waals surface area contributed by atoms with E-state index in [9.17, 15) is 14.4 Å². The molecule has 5 nitrogen and oxygen atoms in total. The normalized spacial score (nSPS) is 10.9. The second kappa shape index (κ2) is 7.35. The molecule has 0 N–H and O–H groups in total. The Labute approximate surface area is 147 Å². The zero-order valence-electron chi connectivity index (χ0n) is 14.9. The number of benzene rings is 1. The summed E-state index contributed by atoms with van der Waals surface area (Å²) in [5.41, 5.74) is 1.39. The number of hydrogen-bond donors (Lipinski definition) is 0. The lowest BCUT2D eigenvalue weighted by Gasteiger charge is -2.17. The van der Waals surface area contributed by atoms with Crippen molar-refractivity contribution in [1.29, 1.82) is 0 Å². The van der Waals surface area contributed by atoms with Crippen molar-refractivity contribution in [1.82, 2.24) is 4.57 Å². The lowest BCUT2D eigenvalue weighted by atomic mass is 9.95. The van der Waals surface area contributed by atoms with Crippen LogP contribution in [-0.2, 0) is 20.7 Å². The lowest BCUT2D eigenvalue weighted by Crippen LogP contribution is -2.26. The number of fused-ring (bicyclic) bond motifs is 1. The van der Waals surface area contributed by atoms with E-state index in [2.05, 4.69) is 11.8 Å². The lowest BCUT2D eigenvalue weighted by molar-refractivity contribution is -0.136. The zero-order valence-corrected chi connectivity index (χ0v) is 14.9. The molecule has 5 heteroatoms. The molecule has 25 heavy (non-hydrogen) atoms. The van der Waals surface area contributed by atoms with Crippen LogP contribution in [0.25, 0.3) is 10.9 Å². The second-order valence-corrected chi connectivity index (χ2v) is 6.62. The maximum atomic E-state index is 12.7. The second-order valence-electron chi connectivity index (χ2n) is 6.62. The first-order valence-corrected chi connectivity index (χ1v) is 8.09. The Balaban J connectivity index is 2.66. The molecule has 0 spiro atoms. The zero-order chi connectivity index (χ0) is 18.6. The topological polar surface area (TPSA) is 65.4 Å². The van der Waals surface area contributed by atoms with Crippen LogP contribution in [0.15, 0.2) is 24.4 Å². The average Bonchev–Trinajstić information content (AvgIpc) is 2.91. The number of ether oxygens (including phenoxy) is 1. The third-order valence-corrected chi connectivity index (χ3v) is 3.65. The molecule has 0 aliphatic rings. The Morgan fingerprint density at radius 2 is 2.00 bits per heavy atom. The van der Waals surface area contributed by atoms with Crippen molar-refractivity contribution < 1.29 is 19.1 Å². The van der Waals surface area contributed by atoms with Crippen molar-refractivity contribution in [2.45, 2.75) is 34.1 Å². The predicted octanol–water partition coefficient (Wildman–Crippen LogP) is 2.98. The van der Waals surface area contributed by atoms with Gasteiger partial charge in [-0.15, -0.1) is 0 Å². The van der Waals surface area contributed by atoms with E-state index in [0.717, 1.165) is 6.29 Å². The average molecular weight is 339 g/mol. The molecule has 0 atom stereocenters. The number of nitrogens with zero attached hydrogens (tertiary/aromatic N) is 1. The van der Waals surface area contributed by atoms with Gasteiger partial charge in [-0.25, -0.2) is 4.79 Å². The van der Waals surface area contributed by atoms with Gasteiger partial charge in [-0.1, -0.05) is 32.8 Å². The standard InChI is InChI=1S/C20H21NO4/c1-5-25-17(23)10-9-14-7-6-8-16-18(14)15(11-12-22)13-21(16)19(24)20(2,3)4/h6-8,12-13H,5,11H2,1-4H3. The maximum Gasteiger partial charge on any atom is 0.384 e. The first-order chi connectivity index (χ1) is 11.8. The van der Waals surface area contributed by atoms with E-state index in [1.165, 1.54) is 0 Å². The van der Waals surface area contributed by atoms with Gasteiger partial charge in [-0.2, -0.15) is 0 Å². The molecular weight excluding hydrogens is 318 g/mol. The number of carbonyl (C=O) groups is 3. The van der Waals surface area contributed by atoms with Crippen LogP contribution in [0.3, 0.4) is 0 Å². The third-order valence-electron chi connectivity index (χ3n) is 3.65. The monoisotopic (exact) mass is 339 g/mol. The van der Waals surface area contributed by atoms with Crippen LogP contribution in [0, 0.1) is 17.3 Å². The van der Waals surface area contributed by atoms with Crippen LogP contribution in [-0.4, -0.2) is 29.3 Å². The molecule has 1 aromatic heterocycles. The molecule has 0 amide bonds. The van der Waals surface area contributed by atoms with Gasteiger partial charge in [-0.05, 0) is 24.6 Å². The fraction of sp³-hybridized carbons (Fsp3) is 0.350. The number of aromatic nitrogens is 1. The van der Waals surface area contributed by atoms with Gasteiger partial charge in [0.05, 0.1) is 12.1 Å². The van der Waals surface area contributed by atoms with Crippen molar-refractivity contribution in [3.05, 3.63) is 35.5 Å². The summed E-state index contributed by atoms with van der Waals surface area (Å²) in [5.74, 6) is 4.55. The molecule has 0 radical (unpaired) electrons. The maximum absolute atomic E-state index is 12.7. The van der Waals surface area contributed by atoms with Crippen molar-refractivity contribution in [2.75, 3.05) is 6.61 Å². The van der Waals surface area contributed by atoms with Gasteiger partial charge >= 0.3 is 5.97 Å². The van der Waals surface area contributed by atoms with Crippen LogP contribution in [0.4, 0.5) is 0 Å². The van der Waals surface area contributed by atoms with Crippen LogP contribution in [0.5, 0.6) is 0 Å². The number of carbonyl (C=O) groups excluding carboxylic acids is 3. The Kier molecular flexibility index (Phi) is 5.43. The minimum absolute atomic E-state index is 0.0786. The summed E-state index contributed by atoms with van der Waals surface area (Å²) in [6.07, 6.45) is 2.64. The summed E-state index contributed by atoms with van der Waals surface area (Å²) in [6, 6.07) is 5.34. The molecule has 0 saturated heterocycles. The van der Waals surface area contributed by atoms with Crippen LogP contribution in [0.1, 0.15) is 43.6 Å². The number of hydrogen-bond acceptors (Lipinski definition) is 4. The largest absolute Gasteiger partial charge is 0.456 e. The summed E-state index contributed by atoms with van der Waals surface area (Å²) < 4.78 is 6.37. The van der Waals surface area contributed by atoms with E-state index in [0.29, 0.717) is 22.0 Å². The summed E-state index contributed by atoms with van der Waals surface area (Å²) in [6.45, 7) is 7.48. The molecular formula is C20H21NO4. The van der Waals surface area contributed by atoms with Gasteiger partial charge in [0.1, 0.15) is 6.29 Å². The highest BCUT2D eigenvalue weighted by Gasteiger charge is 2.25. The van der Waals surface area contributed by atoms with Gasteiger partial charge < -0.3 is 9.53 Å². The highest BCUT2D eigenvalue weighted by Crippen LogP contribution is 2.28. The Morgan fingerprint density at radius 3 is 2.60 bits per heavy atom. The smallest absolute Gasteiger partial charge is 0.384 e. The first-order valence-electron chi connectivity index (χ1n) is 8.09. The molecule has 2 aromatic rings. The Bertz CT molecular complexity index is 888. The summed E-state index contributed by atoms with van der Waals surface area (Å²) in [5, 5.41) is 0.712. The van der Waals surface area contributed by atoms with E-state index in [4.69, 9.17) is 4.74 Å². The molecule has 0 fully saturated rings. The van der Waals surface area contributed by atoms with E-state index < -0.39 is 11.4 Å². The van der Waals surface area contributed by atoms with E-state index in [-0.39, 0.29) is 18.9 Å². The highest BCUT2D eigenvalue weighted by atomic mass is 16.5. The highest BCUT2D eigenvalue weighted by molar-refractivity contribution is 6.00. The van der Waals surface area contributed by atoms with Crippen molar-refractivity contribution in [2.24, 2.45) is 5.41 Å². The summed E-state index contributed by atoms with van der Waals surface area (Å²) >= 11 is 0. The van der Waals surface area contributed by atoms with Crippen LogP contribution < -0.4 is 0 Å². The molecule has 2 rings (SSSR count). The molecule has 0 aliphatic carbocycles. The molecule has 1 aromatic carbocycles. The molecule has 0 saturated carbocycles. The van der Waals surface area contributed by atoms with E-state index in [1.807, 2.05) is 26.8 Å². The molecule has 0 aliphatic heterocycles. The molecule has 0 bridgehead atoms. The molecule has 0 unspecified atom stereocenters. The van der Waals surface area contributed by atoms with Crippen molar-refractivity contribution in [3.63, 3.8) is 0 Å². The SMILES string of the molecule is CCOC(=O)C#Cc1cccc2c1c(CC=O)cn2C(=O)C(C)(C)C. The van der Waals surface area contributed by atoms with Crippen LogP contribution in [0.2, 0.25) is 0 Å². The minimum Gasteiger partial charge on any atom is -0.456 e. The van der Waals surface area contributed by atoms with Crippen molar-refractivity contribution in [3.8, 4) is 11.8 Å². The molecule has 130 valence electrons. The Hall–Kier alpha value is -2.87. The van der Waals surface area contributed by atoms with E-state index >= 15 is 0 Å². The number of rotatable bonds is 3. The minimum atomic E-state index is -0.610. The van der Waals surface area contributed by atoms with E-state index in [1.54, 1.807) is 29.8 Å². The van der Waals surface area contributed by atoms with Gasteiger partial charge in [-0.3, -0.25) is 9.36 Å². The quantitative estimate of drug-likeness (QED) is 0.490. The van der Waals surface area contributed by atoms with Crippen molar-refractivity contribution >= 4 is 29.1 Å². The van der Waals surface area contributed by atoms with Gasteiger partial charge in [0.2, 0.25) is 5.91 Å². The van der Waals surface area contributed by atoms with Crippen LogP contribution >= 0.6 is 0 Å². The third kappa shape index (κ3) is 3.97.